The van der Waals surface area contributed by atoms with Gasteiger partial charge in [-0.25, -0.2) is 4.79 Å². The smallest absolute Gasteiger partial charge is 0.410 e. The molecule has 1 aliphatic rings. The van der Waals surface area contributed by atoms with Crippen molar-refractivity contribution >= 4 is 22.0 Å². The molecule has 1 aromatic rings. The molecule has 1 amide bonds. The van der Waals surface area contributed by atoms with Crippen LogP contribution in [0.3, 0.4) is 0 Å². The van der Waals surface area contributed by atoms with Crippen LogP contribution in [0.15, 0.2) is 28.7 Å². The summed E-state index contributed by atoms with van der Waals surface area (Å²) >= 11 is 3.40. The standard InChI is InChI=1S/C16H22BrNO3/c1-16(2,3)21-15(19)18-9-8-12(10-18)11-20-14-6-4-13(17)5-7-14/h4-7,12H,8-11H2,1-3H3/t12-/m1/s1. The van der Waals surface area contributed by atoms with Gasteiger partial charge in [-0.1, -0.05) is 15.9 Å². The van der Waals surface area contributed by atoms with Crippen molar-refractivity contribution in [2.75, 3.05) is 19.7 Å². The Labute approximate surface area is 134 Å². The molecular formula is C16H22BrNO3. The van der Waals surface area contributed by atoms with E-state index in [1.165, 1.54) is 0 Å². The number of rotatable bonds is 3. The van der Waals surface area contributed by atoms with E-state index in [4.69, 9.17) is 9.47 Å². The van der Waals surface area contributed by atoms with E-state index in [0.29, 0.717) is 19.1 Å². The van der Waals surface area contributed by atoms with E-state index >= 15 is 0 Å². The van der Waals surface area contributed by atoms with Crippen molar-refractivity contribution in [3.05, 3.63) is 28.7 Å². The van der Waals surface area contributed by atoms with Crippen LogP contribution in [0.25, 0.3) is 0 Å². The zero-order valence-electron chi connectivity index (χ0n) is 12.8. The first-order valence-corrected chi connectivity index (χ1v) is 7.99. The minimum absolute atomic E-state index is 0.228. The Morgan fingerprint density at radius 1 is 1.33 bits per heavy atom. The summed E-state index contributed by atoms with van der Waals surface area (Å²) in [6.07, 6.45) is 0.726. The number of carbonyl (C=O) groups excluding carboxylic acids is 1. The molecule has 0 unspecified atom stereocenters. The molecule has 0 bridgehead atoms. The summed E-state index contributed by atoms with van der Waals surface area (Å²) in [5, 5.41) is 0. The highest BCUT2D eigenvalue weighted by Crippen LogP contribution is 2.22. The maximum absolute atomic E-state index is 12.0. The second kappa shape index (κ2) is 6.69. The molecule has 1 saturated heterocycles. The number of nitrogens with zero attached hydrogens (tertiary/aromatic N) is 1. The SMILES string of the molecule is CC(C)(C)OC(=O)N1CC[C@@H](COc2ccc(Br)cc2)C1. The zero-order valence-corrected chi connectivity index (χ0v) is 14.4. The van der Waals surface area contributed by atoms with Crippen molar-refractivity contribution in [2.24, 2.45) is 5.92 Å². The van der Waals surface area contributed by atoms with Gasteiger partial charge in [-0.15, -0.1) is 0 Å². The molecule has 1 heterocycles. The van der Waals surface area contributed by atoms with E-state index in [0.717, 1.165) is 23.2 Å². The van der Waals surface area contributed by atoms with Crippen molar-refractivity contribution in [2.45, 2.75) is 32.8 Å². The second-order valence-electron chi connectivity index (χ2n) is 6.35. The van der Waals surface area contributed by atoms with Gasteiger partial charge < -0.3 is 14.4 Å². The number of likely N-dealkylation sites (tertiary alicyclic amines) is 1. The van der Waals surface area contributed by atoms with E-state index in [1.807, 2.05) is 45.0 Å². The molecule has 21 heavy (non-hydrogen) atoms. The predicted molar refractivity (Wildman–Crippen MR) is 85.6 cm³/mol. The van der Waals surface area contributed by atoms with Crippen LogP contribution in [0.1, 0.15) is 27.2 Å². The van der Waals surface area contributed by atoms with Gasteiger partial charge in [-0.2, -0.15) is 0 Å². The molecule has 1 atom stereocenters. The first-order valence-electron chi connectivity index (χ1n) is 7.20. The average molecular weight is 356 g/mol. The average Bonchev–Trinajstić information content (AvgIpc) is 2.85. The monoisotopic (exact) mass is 355 g/mol. The Kier molecular flexibility index (Phi) is 5.14. The number of carbonyl (C=O) groups is 1. The molecule has 0 aliphatic carbocycles. The molecule has 0 radical (unpaired) electrons. The van der Waals surface area contributed by atoms with E-state index in [1.54, 1.807) is 4.90 Å². The lowest BCUT2D eigenvalue weighted by Crippen LogP contribution is -2.35. The van der Waals surface area contributed by atoms with E-state index in [2.05, 4.69) is 15.9 Å². The topological polar surface area (TPSA) is 38.8 Å². The summed E-state index contributed by atoms with van der Waals surface area (Å²) in [4.78, 5) is 13.7. The van der Waals surface area contributed by atoms with E-state index < -0.39 is 5.60 Å². The highest BCUT2D eigenvalue weighted by Gasteiger charge is 2.30. The number of ether oxygens (including phenoxy) is 2. The summed E-state index contributed by atoms with van der Waals surface area (Å²) in [5.74, 6) is 1.22. The van der Waals surface area contributed by atoms with Gasteiger partial charge in [0.1, 0.15) is 11.4 Å². The fourth-order valence-corrected chi connectivity index (χ4v) is 2.47. The Morgan fingerprint density at radius 3 is 2.62 bits per heavy atom. The molecule has 1 aromatic carbocycles. The van der Waals surface area contributed by atoms with Crippen LogP contribution >= 0.6 is 15.9 Å². The first-order chi connectivity index (χ1) is 9.83. The van der Waals surface area contributed by atoms with Crippen molar-refractivity contribution in [1.82, 2.24) is 4.90 Å². The van der Waals surface area contributed by atoms with Crippen LogP contribution in [0.4, 0.5) is 4.79 Å². The van der Waals surface area contributed by atoms with Crippen molar-refractivity contribution in [1.29, 1.82) is 0 Å². The lowest BCUT2D eigenvalue weighted by molar-refractivity contribution is 0.0285. The van der Waals surface area contributed by atoms with Crippen LogP contribution in [-0.4, -0.2) is 36.3 Å². The summed E-state index contributed by atoms with van der Waals surface area (Å²) < 4.78 is 12.2. The number of halogens is 1. The van der Waals surface area contributed by atoms with Crippen LogP contribution in [-0.2, 0) is 4.74 Å². The van der Waals surface area contributed by atoms with Crippen LogP contribution < -0.4 is 4.74 Å². The molecule has 1 aliphatic heterocycles. The van der Waals surface area contributed by atoms with Gasteiger partial charge in [-0.3, -0.25) is 0 Å². The first kappa shape index (κ1) is 16.1. The molecule has 0 saturated carbocycles. The van der Waals surface area contributed by atoms with Crippen molar-refractivity contribution < 1.29 is 14.3 Å². The third-order valence-corrected chi connectivity index (χ3v) is 3.77. The van der Waals surface area contributed by atoms with Crippen molar-refractivity contribution in [3.8, 4) is 5.75 Å². The molecule has 0 N–H and O–H groups in total. The third-order valence-electron chi connectivity index (χ3n) is 3.24. The number of benzene rings is 1. The highest BCUT2D eigenvalue weighted by atomic mass is 79.9. The van der Waals surface area contributed by atoms with Gasteiger partial charge in [0.15, 0.2) is 0 Å². The van der Waals surface area contributed by atoms with E-state index in [9.17, 15) is 4.79 Å². The van der Waals surface area contributed by atoms with E-state index in [-0.39, 0.29) is 6.09 Å². The lowest BCUT2D eigenvalue weighted by Gasteiger charge is -2.24. The second-order valence-corrected chi connectivity index (χ2v) is 7.26. The van der Waals surface area contributed by atoms with Gasteiger partial charge in [-0.05, 0) is 51.5 Å². The van der Waals surface area contributed by atoms with Gasteiger partial charge in [0.2, 0.25) is 0 Å². The number of hydrogen-bond donors (Lipinski definition) is 0. The number of hydrogen-bond acceptors (Lipinski definition) is 3. The number of amides is 1. The Hall–Kier alpha value is -1.23. The minimum atomic E-state index is -0.441. The predicted octanol–water partition coefficient (Wildman–Crippen LogP) is 4.08. The van der Waals surface area contributed by atoms with Gasteiger partial charge in [0.25, 0.3) is 0 Å². The van der Waals surface area contributed by atoms with Crippen LogP contribution in [0.5, 0.6) is 5.75 Å². The lowest BCUT2D eigenvalue weighted by atomic mass is 10.1. The third kappa shape index (κ3) is 5.23. The fourth-order valence-electron chi connectivity index (χ4n) is 2.21. The summed E-state index contributed by atoms with van der Waals surface area (Å²) in [6.45, 7) is 7.72. The summed E-state index contributed by atoms with van der Waals surface area (Å²) in [6, 6.07) is 7.78. The van der Waals surface area contributed by atoms with Crippen molar-refractivity contribution in [3.63, 3.8) is 0 Å². The molecule has 0 spiro atoms. The quantitative estimate of drug-likeness (QED) is 0.819. The zero-order chi connectivity index (χ0) is 15.5. The molecule has 5 heteroatoms. The Bertz CT molecular complexity index is 481. The molecule has 4 nitrogen and oxygen atoms in total. The molecule has 116 valence electrons. The van der Waals surface area contributed by atoms with Crippen LogP contribution in [0.2, 0.25) is 0 Å². The largest absolute Gasteiger partial charge is 0.493 e. The molecule has 2 rings (SSSR count). The Balaban J connectivity index is 1.77. The fraction of sp³-hybridized carbons (Fsp3) is 0.562. The minimum Gasteiger partial charge on any atom is -0.493 e. The van der Waals surface area contributed by atoms with Gasteiger partial charge >= 0.3 is 6.09 Å². The van der Waals surface area contributed by atoms with Gasteiger partial charge in [0.05, 0.1) is 6.61 Å². The van der Waals surface area contributed by atoms with Gasteiger partial charge in [0, 0.05) is 23.5 Å². The Morgan fingerprint density at radius 2 is 2.00 bits per heavy atom. The normalized spacial score (nSPS) is 18.7. The molecule has 0 aromatic heterocycles. The molecule has 1 fully saturated rings. The maximum atomic E-state index is 12.0. The summed E-state index contributed by atoms with van der Waals surface area (Å²) in [5.41, 5.74) is -0.441. The highest BCUT2D eigenvalue weighted by molar-refractivity contribution is 9.10. The van der Waals surface area contributed by atoms with Crippen LogP contribution in [0, 0.1) is 5.92 Å². The molecular weight excluding hydrogens is 334 g/mol. The summed E-state index contributed by atoms with van der Waals surface area (Å²) in [7, 11) is 0. The maximum Gasteiger partial charge on any atom is 0.410 e.